The van der Waals surface area contributed by atoms with Gasteiger partial charge >= 0.3 is 6.61 Å². The normalized spacial score (nSPS) is 10.3. The van der Waals surface area contributed by atoms with Gasteiger partial charge in [-0.1, -0.05) is 28.1 Å². The number of para-hydroxylation sites is 2. The molecule has 0 aliphatic heterocycles. The Morgan fingerprint density at radius 2 is 1.78 bits per heavy atom. The first-order chi connectivity index (χ1) is 11.0. The molecular formula is C15H11BrF2N2O2S. The summed E-state index contributed by atoms with van der Waals surface area (Å²) in [5, 5.41) is 5.10. The first kappa shape index (κ1) is 17.3. The van der Waals surface area contributed by atoms with Crippen LogP contribution in [0.5, 0.6) is 5.75 Å². The van der Waals surface area contributed by atoms with E-state index in [9.17, 15) is 13.6 Å². The molecule has 23 heavy (non-hydrogen) atoms. The SMILES string of the molecule is O=C(NC(=S)Nc1ccccc1OC(F)F)c1ccc(Br)cc1. The topological polar surface area (TPSA) is 50.4 Å². The summed E-state index contributed by atoms with van der Waals surface area (Å²) in [5.41, 5.74) is 0.642. The summed E-state index contributed by atoms with van der Waals surface area (Å²) in [6.07, 6.45) is 0. The fourth-order valence-corrected chi connectivity index (χ4v) is 2.17. The molecule has 0 heterocycles. The van der Waals surface area contributed by atoms with Crippen molar-refractivity contribution in [2.24, 2.45) is 0 Å². The van der Waals surface area contributed by atoms with Crippen LogP contribution in [0, 0.1) is 0 Å². The Labute approximate surface area is 145 Å². The summed E-state index contributed by atoms with van der Waals surface area (Å²) in [5.74, 6) is -0.481. The molecule has 2 N–H and O–H groups in total. The number of carbonyl (C=O) groups is 1. The molecule has 0 aromatic heterocycles. The van der Waals surface area contributed by atoms with Gasteiger partial charge in [-0.05, 0) is 48.6 Å². The lowest BCUT2D eigenvalue weighted by Gasteiger charge is -2.13. The third-order valence-corrected chi connectivity index (χ3v) is 3.42. The van der Waals surface area contributed by atoms with Crippen molar-refractivity contribution < 1.29 is 18.3 Å². The van der Waals surface area contributed by atoms with Gasteiger partial charge in [0.15, 0.2) is 5.11 Å². The average Bonchev–Trinajstić information content (AvgIpc) is 2.49. The minimum atomic E-state index is -2.95. The van der Waals surface area contributed by atoms with Crippen molar-refractivity contribution in [3.8, 4) is 5.75 Å². The summed E-state index contributed by atoms with van der Waals surface area (Å²) in [6, 6.07) is 12.7. The predicted octanol–water partition coefficient (Wildman–Crippen LogP) is 4.18. The number of hydrogen-bond acceptors (Lipinski definition) is 3. The Balaban J connectivity index is 2.02. The van der Waals surface area contributed by atoms with E-state index < -0.39 is 12.5 Å². The van der Waals surface area contributed by atoms with Gasteiger partial charge in [-0.2, -0.15) is 8.78 Å². The van der Waals surface area contributed by atoms with Gasteiger partial charge in [0.25, 0.3) is 5.91 Å². The Kier molecular flexibility index (Phi) is 6.00. The Hall–Kier alpha value is -2.06. The third-order valence-electron chi connectivity index (χ3n) is 2.68. The molecule has 2 rings (SSSR count). The van der Waals surface area contributed by atoms with Gasteiger partial charge in [0.2, 0.25) is 0 Å². The Morgan fingerprint density at radius 3 is 2.43 bits per heavy atom. The van der Waals surface area contributed by atoms with Crippen LogP contribution >= 0.6 is 28.1 Å². The number of amides is 1. The zero-order chi connectivity index (χ0) is 16.8. The molecule has 0 radical (unpaired) electrons. The smallest absolute Gasteiger partial charge is 0.387 e. The number of alkyl halides is 2. The molecule has 0 atom stereocenters. The van der Waals surface area contributed by atoms with Gasteiger partial charge in [-0.3, -0.25) is 10.1 Å². The van der Waals surface area contributed by atoms with Gasteiger partial charge in [-0.15, -0.1) is 0 Å². The lowest BCUT2D eigenvalue weighted by atomic mass is 10.2. The molecule has 120 valence electrons. The van der Waals surface area contributed by atoms with Crippen molar-refractivity contribution in [2.45, 2.75) is 6.61 Å². The number of carbonyl (C=O) groups excluding carboxylic acids is 1. The van der Waals surface area contributed by atoms with Crippen molar-refractivity contribution in [2.75, 3.05) is 5.32 Å². The molecule has 8 heteroatoms. The van der Waals surface area contributed by atoms with E-state index in [1.54, 1.807) is 36.4 Å². The van der Waals surface area contributed by atoms with Crippen molar-refractivity contribution in [1.82, 2.24) is 5.32 Å². The van der Waals surface area contributed by atoms with Crippen LogP contribution in [0.3, 0.4) is 0 Å². The maximum atomic E-state index is 12.3. The Morgan fingerprint density at radius 1 is 1.13 bits per heavy atom. The lowest BCUT2D eigenvalue weighted by molar-refractivity contribution is -0.0493. The summed E-state index contributed by atoms with van der Waals surface area (Å²) >= 11 is 8.29. The fraction of sp³-hybridized carbons (Fsp3) is 0.0667. The van der Waals surface area contributed by atoms with E-state index in [0.29, 0.717) is 5.56 Å². The Bertz CT molecular complexity index is 711. The molecule has 2 aromatic rings. The van der Waals surface area contributed by atoms with E-state index in [2.05, 4.69) is 31.3 Å². The van der Waals surface area contributed by atoms with Crippen LogP contribution in [0.25, 0.3) is 0 Å². The molecule has 0 aliphatic rings. The molecule has 1 amide bonds. The second-order valence-corrected chi connectivity index (χ2v) is 5.61. The van der Waals surface area contributed by atoms with E-state index in [-0.39, 0.29) is 16.5 Å². The molecule has 4 nitrogen and oxygen atoms in total. The van der Waals surface area contributed by atoms with Gasteiger partial charge < -0.3 is 10.1 Å². The molecule has 0 spiro atoms. The van der Waals surface area contributed by atoms with Crippen LogP contribution in [0.1, 0.15) is 10.4 Å². The highest BCUT2D eigenvalue weighted by Gasteiger charge is 2.12. The van der Waals surface area contributed by atoms with Crippen LogP contribution in [0.2, 0.25) is 0 Å². The summed E-state index contributed by atoms with van der Waals surface area (Å²) in [4.78, 5) is 12.0. The minimum Gasteiger partial charge on any atom is -0.433 e. The van der Waals surface area contributed by atoms with E-state index in [1.807, 2.05) is 0 Å². The minimum absolute atomic E-state index is 0.0248. The number of anilines is 1. The zero-order valence-electron chi connectivity index (χ0n) is 11.6. The van der Waals surface area contributed by atoms with Gasteiger partial charge in [-0.25, -0.2) is 0 Å². The summed E-state index contributed by atoms with van der Waals surface area (Å²) in [6.45, 7) is -2.95. The molecule has 0 fully saturated rings. The second-order valence-electron chi connectivity index (χ2n) is 4.29. The monoisotopic (exact) mass is 400 g/mol. The van der Waals surface area contributed by atoms with E-state index in [4.69, 9.17) is 12.2 Å². The number of halogens is 3. The molecule has 0 unspecified atom stereocenters. The molecular weight excluding hydrogens is 390 g/mol. The maximum absolute atomic E-state index is 12.3. The predicted molar refractivity (Wildman–Crippen MR) is 90.9 cm³/mol. The quantitative estimate of drug-likeness (QED) is 0.755. The summed E-state index contributed by atoms with van der Waals surface area (Å²) in [7, 11) is 0. The number of rotatable bonds is 4. The third kappa shape index (κ3) is 5.26. The number of benzene rings is 2. The number of nitrogens with one attached hydrogen (secondary N) is 2. The average molecular weight is 401 g/mol. The first-order valence-corrected chi connectivity index (χ1v) is 7.57. The van der Waals surface area contributed by atoms with Gasteiger partial charge in [0.05, 0.1) is 5.69 Å². The first-order valence-electron chi connectivity index (χ1n) is 6.37. The lowest BCUT2D eigenvalue weighted by Crippen LogP contribution is -2.34. The van der Waals surface area contributed by atoms with Crippen LogP contribution in [0.4, 0.5) is 14.5 Å². The standard InChI is InChI=1S/C15H11BrF2N2O2S/c16-10-7-5-9(6-8-10)13(21)20-15(23)19-11-3-1-2-4-12(11)22-14(17)18/h1-8,14H,(H2,19,20,21,23). The maximum Gasteiger partial charge on any atom is 0.387 e. The van der Waals surface area contributed by atoms with Crippen molar-refractivity contribution in [1.29, 1.82) is 0 Å². The van der Waals surface area contributed by atoms with E-state index >= 15 is 0 Å². The molecule has 0 saturated heterocycles. The highest BCUT2D eigenvalue weighted by molar-refractivity contribution is 9.10. The van der Waals surface area contributed by atoms with Crippen LogP contribution in [-0.4, -0.2) is 17.6 Å². The molecule has 2 aromatic carbocycles. The van der Waals surface area contributed by atoms with Crippen LogP contribution < -0.4 is 15.4 Å². The zero-order valence-corrected chi connectivity index (χ0v) is 14.0. The molecule has 0 aliphatic carbocycles. The van der Waals surface area contributed by atoms with E-state index in [1.165, 1.54) is 12.1 Å². The summed E-state index contributed by atoms with van der Waals surface area (Å²) < 4.78 is 29.9. The van der Waals surface area contributed by atoms with Gasteiger partial charge in [0.1, 0.15) is 5.75 Å². The van der Waals surface area contributed by atoms with E-state index in [0.717, 1.165) is 4.47 Å². The van der Waals surface area contributed by atoms with Crippen LogP contribution in [-0.2, 0) is 0 Å². The van der Waals surface area contributed by atoms with Crippen LogP contribution in [0.15, 0.2) is 53.0 Å². The highest BCUT2D eigenvalue weighted by atomic mass is 79.9. The molecule has 0 saturated carbocycles. The van der Waals surface area contributed by atoms with Crippen molar-refractivity contribution >= 4 is 44.9 Å². The number of hydrogen-bond donors (Lipinski definition) is 2. The largest absolute Gasteiger partial charge is 0.433 e. The fourth-order valence-electron chi connectivity index (χ4n) is 1.70. The number of ether oxygens (including phenoxy) is 1. The second kappa shape index (κ2) is 7.98. The van der Waals surface area contributed by atoms with Crippen molar-refractivity contribution in [3.05, 3.63) is 58.6 Å². The molecule has 0 bridgehead atoms. The number of thiocarbonyl (C=S) groups is 1. The van der Waals surface area contributed by atoms with Gasteiger partial charge in [0, 0.05) is 10.0 Å². The van der Waals surface area contributed by atoms with Crippen molar-refractivity contribution in [3.63, 3.8) is 0 Å². The highest BCUT2D eigenvalue weighted by Crippen LogP contribution is 2.25.